The van der Waals surface area contributed by atoms with Crippen molar-refractivity contribution < 1.29 is 8.42 Å². The van der Waals surface area contributed by atoms with Crippen LogP contribution in [0.3, 0.4) is 0 Å². The van der Waals surface area contributed by atoms with Crippen LogP contribution in [0, 0.1) is 6.92 Å². The van der Waals surface area contributed by atoms with Crippen molar-refractivity contribution in [2.75, 3.05) is 10.5 Å². The molecule has 0 aliphatic heterocycles. The van der Waals surface area contributed by atoms with E-state index in [4.69, 9.17) is 28.9 Å². The van der Waals surface area contributed by atoms with E-state index in [1.165, 1.54) is 4.68 Å². The van der Waals surface area contributed by atoms with E-state index in [1.54, 1.807) is 14.0 Å². The SMILES string of the molecule is Cc1c(S(=O)(=O)Nc2c(Cl)ncnc2Cl)c(N)nn1C. The van der Waals surface area contributed by atoms with Crippen LogP contribution in [0.2, 0.25) is 10.3 Å². The van der Waals surface area contributed by atoms with Gasteiger partial charge < -0.3 is 5.73 Å². The average molecular weight is 337 g/mol. The van der Waals surface area contributed by atoms with Gasteiger partial charge in [-0.1, -0.05) is 23.2 Å². The van der Waals surface area contributed by atoms with E-state index in [-0.39, 0.29) is 26.7 Å². The molecule has 8 nitrogen and oxygen atoms in total. The lowest BCUT2D eigenvalue weighted by atomic mass is 10.5. The highest BCUT2D eigenvalue weighted by Crippen LogP contribution is 2.30. The summed E-state index contributed by atoms with van der Waals surface area (Å²) >= 11 is 11.6. The van der Waals surface area contributed by atoms with Gasteiger partial charge >= 0.3 is 0 Å². The largest absolute Gasteiger partial charge is 0.381 e. The van der Waals surface area contributed by atoms with Gasteiger partial charge in [-0.25, -0.2) is 18.4 Å². The fourth-order valence-electron chi connectivity index (χ4n) is 1.56. The van der Waals surface area contributed by atoms with Crippen LogP contribution in [0.15, 0.2) is 11.2 Å². The Bertz CT molecular complexity index is 753. The molecule has 3 N–H and O–H groups in total. The van der Waals surface area contributed by atoms with Gasteiger partial charge in [-0.05, 0) is 6.92 Å². The molecular formula is C9H10Cl2N6O2S. The number of nitrogens with zero attached hydrogens (tertiary/aromatic N) is 4. The molecule has 0 spiro atoms. The second-order valence-corrected chi connectivity index (χ2v) is 6.19. The Kier molecular flexibility index (Phi) is 3.76. The first-order valence-corrected chi connectivity index (χ1v) is 7.46. The monoisotopic (exact) mass is 336 g/mol. The fraction of sp³-hybridized carbons (Fsp3) is 0.222. The summed E-state index contributed by atoms with van der Waals surface area (Å²) in [5, 5.41) is 3.61. The molecule has 0 unspecified atom stereocenters. The lowest BCUT2D eigenvalue weighted by Gasteiger charge is -2.09. The Morgan fingerprint density at radius 2 is 1.85 bits per heavy atom. The van der Waals surface area contributed by atoms with Crippen LogP contribution in [0.1, 0.15) is 5.69 Å². The van der Waals surface area contributed by atoms with E-state index in [2.05, 4.69) is 19.8 Å². The van der Waals surface area contributed by atoms with Gasteiger partial charge in [0.15, 0.2) is 21.0 Å². The highest BCUT2D eigenvalue weighted by molar-refractivity contribution is 7.93. The third-order valence-electron chi connectivity index (χ3n) is 2.56. The maximum atomic E-state index is 12.3. The first-order chi connectivity index (χ1) is 9.24. The van der Waals surface area contributed by atoms with Crippen LogP contribution >= 0.6 is 23.2 Å². The van der Waals surface area contributed by atoms with E-state index >= 15 is 0 Å². The van der Waals surface area contributed by atoms with Crippen molar-refractivity contribution in [2.24, 2.45) is 7.05 Å². The molecule has 2 rings (SSSR count). The Labute approximate surface area is 125 Å². The number of anilines is 2. The second kappa shape index (κ2) is 5.08. The van der Waals surface area contributed by atoms with E-state index in [0.29, 0.717) is 5.69 Å². The minimum absolute atomic E-state index is 0.113. The fourth-order valence-corrected chi connectivity index (χ4v) is 3.48. The molecule has 2 aromatic rings. The minimum Gasteiger partial charge on any atom is -0.381 e. The molecule has 108 valence electrons. The van der Waals surface area contributed by atoms with Crippen molar-refractivity contribution >= 4 is 44.7 Å². The van der Waals surface area contributed by atoms with E-state index in [9.17, 15) is 8.42 Å². The number of aromatic nitrogens is 4. The molecule has 0 atom stereocenters. The molecular weight excluding hydrogens is 327 g/mol. The van der Waals surface area contributed by atoms with Gasteiger partial charge in [0, 0.05) is 7.05 Å². The number of hydrogen-bond acceptors (Lipinski definition) is 6. The zero-order valence-electron chi connectivity index (χ0n) is 10.4. The molecule has 0 aliphatic rings. The summed E-state index contributed by atoms with van der Waals surface area (Å²) in [6, 6.07) is 0. The van der Waals surface area contributed by atoms with E-state index in [1.807, 2.05) is 0 Å². The van der Waals surface area contributed by atoms with Crippen LogP contribution < -0.4 is 10.5 Å². The number of nitrogens with two attached hydrogens (primary N) is 1. The Morgan fingerprint density at radius 1 is 1.30 bits per heavy atom. The smallest absolute Gasteiger partial charge is 0.267 e. The summed E-state index contributed by atoms with van der Waals surface area (Å²) < 4.78 is 28.3. The molecule has 11 heteroatoms. The minimum atomic E-state index is -4.01. The van der Waals surface area contributed by atoms with Crippen LogP contribution in [0.25, 0.3) is 0 Å². The van der Waals surface area contributed by atoms with Crippen LogP contribution in [0.4, 0.5) is 11.5 Å². The molecule has 0 aliphatic carbocycles. The highest BCUT2D eigenvalue weighted by atomic mass is 35.5. The van der Waals surface area contributed by atoms with Gasteiger partial charge in [0.25, 0.3) is 10.0 Å². The first kappa shape index (κ1) is 14.8. The number of nitrogens with one attached hydrogen (secondary N) is 1. The number of aryl methyl sites for hydroxylation is 1. The third kappa shape index (κ3) is 2.51. The zero-order chi connectivity index (χ0) is 15.1. The Morgan fingerprint density at radius 3 is 2.30 bits per heavy atom. The summed E-state index contributed by atoms with van der Waals surface area (Å²) in [7, 11) is -2.43. The maximum Gasteiger partial charge on any atom is 0.267 e. The standard InChI is InChI=1S/C9H10Cl2N6O2S/c1-4-6(9(12)15-17(4)2)20(18,19)16-5-7(10)13-3-14-8(5)11/h3,16H,1-2H3,(H2,12,15). The molecule has 0 aromatic carbocycles. The summed E-state index contributed by atoms with van der Waals surface area (Å²) in [6.07, 6.45) is 1.12. The van der Waals surface area contributed by atoms with Gasteiger partial charge in [-0.2, -0.15) is 5.10 Å². The summed E-state index contributed by atoms with van der Waals surface area (Å²) in [5.74, 6) is -0.124. The number of hydrogen-bond donors (Lipinski definition) is 2. The van der Waals surface area contributed by atoms with Crippen molar-refractivity contribution in [2.45, 2.75) is 11.8 Å². The molecule has 0 saturated heterocycles. The van der Waals surface area contributed by atoms with Gasteiger partial charge in [-0.15, -0.1) is 0 Å². The van der Waals surface area contributed by atoms with Crippen molar-refractivity contribution in [3.8, 4) is 0 Å². The molecule has 0 fully saturated rings. The van der Waals surface area contributed by atoms with Crippen LogP contribution in [-0.2, 0) is 17.1 Å². The molecule has 0 bridgehead atoms. The number of nitrogen functional groups attached to an aromatic ring is 1. The molecule has 2 heterocycles. The lowest BCUT2D eigenvalue weighted by molar-refractivity contribution is 0.600. The number of rotatable bonds is 3. The molecule has 0 saturated carbocycles. The average Bonchev–Trinajstić information content (AvgIpc) is 2.59. The number of sulfonamides is 1. The van der Waals surface area contributed by atoms with Gasteiger partial charge in [-0.3, -0.25) is 9.40 Å². The second-order valence-electron chi connectivity index (χ2n) is 3.86. The van der Waals surface area contributed by atoms with Gasteiger partial charge in [0.05, 0.1) is 5.69 Å². The predicted molar refractivity (Wildman–Crippen MR) is 75.2 cm³/mol. The Balaban J connectivity index is 2.52. The summed E-state index contributed by atoms with van der Waals surface area (Å²) in [6.45, 7) is 1.57. The highest BCUT2D eigenvalue weighted by Gasteiger charge is 2.26. The topological polar surface area (TPSA) is 116 Å². The summed E-state index contributed by atoms with van der Waals surface area (Å²) in [5.41, 5.74) is 5.87. The van der Waals surface area contributed by atoms with Crippen molar-refractivity contribution in [1.82, 2.24) is 19.7 Å². The predicted octanol–water partition coefficient (Wildman–Crippen LogP) is 1.21. The quantitative estimate of drug-likeness (QED) is 0.813. The van der Waals surface area contributed by atoms with E-state index in [0.717, 1.165) is 6.33 Å². The van der Waals surface area contributed by atoms with Gasteiger partial charge in [0.2, 0.25) is 0 Å². The molecule has 0 amide bonds. The first-order valence-electron chi connectivity index (χ1n) is 5.22. The number of halogens is 2. The Hall–Kier alpha value is -1.58. The van der Waals surface area contributed by atoms with Crippen molar-refractivity contribution in [3.63, 3.8) is 0 Å². The van der Waals surface area contributed by atoms with Gasteiger partial charge in [0.1, 0.15) is 12.0 Å². The van der Waals surface area contributed by atoms with Crippen LogP contribution in [-0.4, -0.2) is 28.2 Å². The molecule has 20 heavy (non-hydrogen) atoms. The maximum absolute atomic E-state index is 12.3. The van der Waals surface area contributed by atoms with Crippen molar-refractivity contribution in [1.29, 1.82) is 0 Å². The molecule has 0 radical (unpaired) electrons. The normalized spacial score (nSPS) is 11.6. The van der Waals surface area contributed by atoms with E-state index < -0.39 is 10.0 Å². The third-order valence-corrected chi connectivity index (χ3v) is 4.65. The molecule has 2 aromatic heterocycles. The zero-order valence-corrected chi connectivity index (χ0v) is 12.8. The van der Waals surface area contributed by atoms with Crippen LogP contribution in [0.5, 0.6) is 0 Å². The summed E-state index contributed by atoms with van der Waals surface area (Å²) in [4.78, 5) is 7.17. The lowest BCUT2D eigenvalue weighted by Crippen LogP contribution is -2.16. The van der Waals surface area contributed by atoms with Crippen molar-refractivity contribution in [3.05, 3.63) is 22.3 Å².